The molecule has 78 valence electrons. The van der Waals surface area contributed by atoms with Crippen molar-refractivity contribution in [3.05, 3.63) is 0 Å². The molecule has 3 nitrogen and oxygen atoms in total. The third kappa shape index (κ3) is 4.88. The molecule has 0 saturated carbocycles. The summed E-state index contributed by atoms with van der Waals surface area (Å²) in [5.41, 5.74) is 0. The highest BCUT2D eigenvalue weighted by atomic mass is 16.5. The van der Waals surface area contributed by atoms with Crippen LogP contribution in [-0.2, 0) is 9.53 Å². The fourth-order valence-electron chi connectivity index (χ4n) is 1.06. The van der Waals surface area contributed by atoms with E-state index >= 15 is 0 Å². The van der Waals surface area contributed by atoms with Crippen LogP contribution in [0.1, 0.15) is 27.7 Å². The van der Waals surface area contributed by atoms with Crippen molar-refractivity contribution in [2.75, 3.05) is 20.2 Å². The van der Waals surface area contributed by atoms with Gasteiger partial charge in [-0.25, -0.2) is 0 Å². The van der Waals surface area contributed by atoms with Gasteiger partial charge in [-0.05, 0) is 26.8 Å². The van der Waals surface area contributed by atoms with Crippen LogP contribution in [0, 0.1) is 5.92 Å². The molecule has 0 fully saturated rings. The predicted molar refractivity (Wildman–Crippen MR) is 53.6 cm³/mol. The van der Waals surface area contributed by atoms with Gasteiger partial charge in [0.2, 0.25) is 0 Å². The van der Waals surface area contributed by atoms with Crippen molar-refractivity contribution in [1.82, 2.24) is 4.90 Å². The predicted octanol–water partition coefficient (Wildman–Crippen LogP) is 1.53. The number of carbonyl (C=O) groups excluding carboxylic acids is 1. The molecule has 0 heterocycles. The number of hydrogen-bond acceptors (Lipinski definition) is 3. The van der Waals surface area contributed by atoms with Gasteiger partial charge in [0.15, 0.2) is 0 Å². The molecule has 0 aliphatic heterocycles. The van der Waals surface area contributed by atoms with Gasteiger partial charge in [0.25, 0.3) is 0 Å². The molecule has 1 atom stereocenters. The van der Waals surface area contributed by atoms with Crippen LogP contribution in [0.2, 0.25) is 0 Å². The first-order valence-electron chi connectivity index (χ1n) is 4.84. The van der Waals surface area contributed by atoms with E-state index in [0.717, 1.165) is 0 Å². The van der Waals surface area contributed by atoms with Crippen molar-refractivity contribution in [3.8, 4) is 0 Å². The largest absolute Gasteiger partial charge is 0.465 e. The van der Waals surface area contributed by atoms with E-state index in [9.17, 15) is 4.79 Å². The minimum atomic E-state index is -0.141. The third-order valence-corrected chi connectivity index (χ3v) is 2.34. The first-order chi connectivity index (χ1) is 5.99. The Morgan fingerprint density at radius 3 is 2.31 bits per heavy atom. The SMILES string of the molecule is CCOC(=O)CN(C)C(C)C(C)C. The molecule has 3 heteroatoms. The van der Waals surface area contributed by atoms with E-state index in [1.165, 1.54) is 0 Å². The molecule has 13 heavy (non-hydrogen) atoms. The number of nitrogens with zero attached hydrogens (tertiary/aromatic N) is 1. The second-order valence-electron chi connectivity index (χ2n) is 3.70. The Morgan fingerprint density at radius 1 is 1.38 bits per heavy atom. The molecule has 0 aromatic carbocycles. The van der Waals surface area contributed by atoms with E-state index in [-0.39, 0.29) is 5.97 Å². The fourth-order valence-corrected chi connectivity index (χ4v) is 1.06. The zero-order chi connectivity index (χ0) is 10.4. The summed E-state index contributed by atoms with van der Waals surface area (Å²) in [5, 5.41) is 0. The Balaban J connectivity index is 3.85. The fraction of sp³-hybridized carbons (Fsp3) is 0.900. The topological polar surface area (TPSA) is 29.5 Å². The average Bonchev–Trinajstić information content (AvgIpc) is 2.03. The highest BCUT2D eigenvalue weighted by molar-refractivity contribution is 5.71. The molecule has 0 aromatic rings. The van der Waals surface area contributed by atoms with Crippen LogP contribution in [-0.4, -0.2) is 37.1 Å². The molecule has 0 rings (SSSR count). The van der Waals surface area contributed by atoms with Gasteiger partial charge in [0, 0.05) is 6.04 Å². The lowest BCUT2D eigenvalue weighted by atomic mass is 10.1. The van der Waals surface area contributed by atoms with Crippen molar-refractivity contribution < 1.29 is 9.53 Å². The van der Waals surface area contributed by atoms with Gasteiger partial charge in [-0.15, -0.1) is 0 Å². The van der Waals surface area contributed by atoms with Crippen LogP contribution < -0.4 is 0 Å². The number of esters is 1. The second-order valence-corrected chi connectivity index (χ2v) is 3.70. The molecule has 0 bridgehead atoms. The van der Waals surface area contributed by atoms with Crippen molar-refractivity contribution in [2.24, 2.45) is 5.92 Å². The summed E-state index contributed by atoms with van der Waals surface area (Å²) in [6.07, 6.45) is 0. The summed E-state index contributed by atoms with van der Waals surface area (Å²) in [5.74, 6) is 0.414. The Bertz CT molecular complexity index is 157. The first kappa shape index (κ1) is 12.4. The molecule has 0 radical (unpaired) electrons. The minimum Gasteiger partial charge on any atom is -0.465 e. The average molecular weight is 187 g/mol. The molecular weight excluding hydrogens is 166 g/mol. The normalized spacial score (nSPS) is 13.5. The van der Waals surface area contributed by atoms with Crippen LogP contribution >= 0.6 is 0 Å². The zero-order valence-corrected chi connectivity index (χ0v) is 9.33. The summed E-state index contributed by atoms with van der Waals surface area (Å²) in [4.78, 5) is 13.1. The Labute approximate surface area is 81.1 Å². The van der Waals surface area contributed by atoms with Gasteiger partial charge in [-0.1, -0.05) is 13.8 Å². The molecule has 0 spiro atoms. The molecule has 0 saturated heterocycles. The lowest BCUT2D eigenvalue weighted by Gasteiger charge is -2.26. The minimum absolute atomic E-state index is 0.141. The first-order valence-corrected chi connectivity index (χ1v) is 4.84. The van der Waals surface area contributed by atoms with Gasteiger partial charge in [0.05, 0.1) is 13.2 Å². The molecule has 0 aliphatic carbocycles. The summed E-state index contributed by atoms with van der Waals surface area (Å²) in [6.45, 7) is 9.07. The number of ether oxygens (including phenoxy) is 1. The number of rotatable bonds is 5. The van der Waals surface area contributed by atoms with Crippen LogP contribution in [0.5, 0.6) is 0 Å². The van der Waals surface area contributed by atoms with Gasteiger partial charge in [0.1, 0.15) is 0 Å². The molecule has 0 aliphatic rings. The standard InChI is InChI=1S/C10H21NO2/c1-6-13-10(12)7-11(5)9(4)8(2)3/h8-9H,6-7H2,1-5H3. The third-order valence-electron chi connectivity index (χ3n) is 2.34. The number of likely N-dealkylation sites (N-methyl/N-ethyl adjacent to an activating group) is 1. The molecule has 0 amide bonds. The lowest BCUT2D eigenvalue weighted by Crippen LogP contribution is -2.37. The second kappa shape index (κ2) is 5.97. The van der Waals surface area contributed by atoms with E-state index in [2.05, 4.69) is 20.8 Å². The highest BCUT2D eigenvalue weighted by Gasteiger charge is 2.15. The van der Waals surface area contributed by atoms with E-state index in [0.29, 0.717) is 25.1 Å². The van der Waals surface area contributed by atoms with Crippen LogP contribution in [0.25, 0.3) is 0 Å². The summed E-state index contributed by atoms with van der Waals surface area (Å²) in [7, 11) is 1.95. The summed E-state index contributed by atoms with van der Waals surface area (Å²) >= 11 is 0. The number of carbonyl (C=O) groups is 1. The summed E-state index contributed by atoms with van der Waals surface area (Å²) in [6, 6.07) is 0.407. The van der Waals surface area contributed by atoms with Crippen LogP contribution in [0.4, 0.5) is 0 Å². The van der Waals surface area contributed by atoms with Crippen molar-refractivity contribution >= 4 is 5.97 Å². The molecule has 0 aromatic heterocycles. The van der Waals surface area contributed by atoms with Crippen LogP contribution in [0.3, 0.4) is 0 Å². The summed E-state index contributed by atoms with van der Waals surface area (Å²) < 4.78 is 4.86. The lowest BCUT2D eigenvalue weighted by molar-refractivity contribution is -0.144. The van der Waals surface area contributed by atoms with Gasteiger partial charge in [-0.2, -0.15) is 0 Å². The van der Waals surface area contributed by atoms with E-state index in [1.807, 2.05) is 18.9 Å². The molecule has 1 unspecified atom stereocenters. The smallest absolute Gasteiger partial charge is 0.320 e. The quantitative estimate of drug-likeness (QED) is 0.611. The van der Waals surface area contributed by atoms with Crippen molar-refractivity contribution in [2.45, 2.75) is 33.7 Å². The van der Waals surface area contributed by atoms with Crippen LogP contribution in [0.15, 0.2) is 0 Å². The van der Waals surface area contributed by atoms with E-state index in [4.69, 9.17) is 4.74 Å². The van der Waals surface area contributed by atoms with E-state index in [1.54, 1.807) is 0 Å². The molecular formula is C10H21NO2. The highest BCUT2D eigenvalue weighted by Crippen LogP contribution is 2.07. The maximum Gasteiger partial charge on any atom is 0.320 e. The number of hydrogen-bond donors (Lipinski definition) is 0. The van der Waals surface area contributed by atoms with Gasteiger partial charge >= 0.3 is 5.97 Å². The van der Waals surface area contributed by atoms with Crippen molar-refractivity contribution in [3.63, 3.8) is 0 Å². The Hall–Kier alpha value is -0.570. The Kier molecular flexibility index (Phi) is 5.71. The van der Waals surface area contributed by atoms with Gasteiger partial charge in [-0.3, -0.25) is 9.69 Å². The maximum absolute atomic E-state index is 11.1. The van der Waals surface area contributed by atoms with Gasteiger partial charge < -0.3 is 4.74 Å². The monoisotopic (exact) mass is 187 g/mol. The zero-order valence-electron chi connectivity index (χ0n) is 9.33. The van der Waals surface area contributed by atoms with E-state index < -0.39 is 0 Å². The van der Waals surface area contributed by atoms with Crippen molar-refractivity contribution in [1.29, 1.82) is 0 Å². The molecule has 0 N–H and O–H groups in total. The maximum atomic E-state index is 11.1. The Morgan fingerprint density at radius 2 is 1.92 bits per heavy atom.